The molecule has 2 heterocycles. The molecule has 1 aliphatic rings. The first kappa shape index (κ1) is 12.7. The first-order valence-corrected chi connectivity index (χ1v) is 6.17. The lowest BCUT2D eigenvalue weighted by Crippen LogP contribution is -2.25. The van der Waals surface area contributed by atoms with Crippen molar-refractivity contribution in [2.75, 3.05) is 5.32 Å². The van der Waals surface area contributed by atoms with Gasteiger partial charge in [-0.1, -0.05) is 0 Å². The van der Waals surface area contributed by atoms with Crippen molar-refractivity contribution in [3.8, 4) is 11.5 Å². The van der Waals surface area contributed by atoms with Crippen molar-refractivity contribution in [3.05, 3.63) is 30.1 Å². The van der Waals surface area contributed by atoms with Crippen LogP contribution in [0.2, 0.25) is 0 Å². The molecular formula is C13H13F2N3O2. The van der Waals surface area contributed by atoms with E-state index in [4.69, 9.17) is 0 Å². The number of anilines is 2. The highest BCUT2D eigenvalue weighted by Gasteiger charge is 2.43. The van der Waals surface area contributed by atoms with E-state index in [0.29, 0.717) is 11.6 Å². The summed E-state index contributed by atoms with van der Waals surface area (Å²) in [6, 6.07) is 4.53. The number of aromatic nitrogens is 2. The predicted molar refractivity (Wildman–Crippen MR) is 68.6 cm³/mol. The molecule has 3 rings (SSSR count). The van der Waals surface area contributed by atoms with Gasteiger partial charge in [-0.15, -0.1) is 8.78 Å². The largest absolute Gasteiger partial charge is 0.586 e. The number of ether oxygens (including phenoxy) is 2. The van der Waals surface area contributed by atoms with Gasteiger partial charge >= 0.3 is 6.29 Å². The predicted octanol–water partition coefficient (Wildman–Crippen LogP) is 3.28. The van der Waals surface area contributed by atoms with Crippen LogP contribution in [0.3, 0.4) is 0 Å². The molecule has 0 spiro atoms. The standard InChI is InChI=1S/C13H13F2N3O2/c1-3-18-7-8(2)16-12(18)17-9-4-5-10-11(6-9)20-13(14,15)19-10/h4-7H,3H2,1-2H3,(H,16,17). The molecule has 20 heavy (non-hydrogen) atoms. The maximum atomic E-state index is 12.9. The van der Waals surface area contributed by atoms with Crippen molar-refractivity contribution in [2.45, 2.75) is 26.7 Å². The fourth-order valence-corrected chi connectivity index (χ4v) is 2.04. The Kier molecular flexibility index (Phi) is 2.77. The molecule has 0 radical (unpaired) electrons. The third-order valence-electron chi connectivity index (χ3n) is 2.90. The van der Waals surface area contributed by atoms with Gasteiger partial charge in [0.05, 0.1) is 5.69 Å². The average molecular weight is 281 g/mol. The second kappa shape index (κ2) is 4.36. The third-order valence-corrected chi connectivity index (χ3v) is 2.90. The van der Waals surface area contributed by atoms with Crippen LogP contribution in [0, 0.1) is 6.92 Å². The van der Waals surface area contributed by atoms with Gasteiger partial charge in [-0.05, 0) is 26.0 Å². The van der Waals surface area contributed by atoms with Crippen molar-refractivity contribution in [1.29, 1.82) is 0 Å². The number of hydrogen-bond donors (Lipinski definition) is 1. The van der Waals surface area contributed by atoms with Crippen LogP contribution in [0.1, 0.15) is 12.6 Å². The number of nitrogens with one attached hydrogen (secondary N) is 1. The number of rotatable bonds is 3. The van der Waals surface area contributed by atoms with Gasteiger partial charge in [0, 0.05) is 24.5 Å². The second-order valence-corrected chi connectivity index (χ2v) is 4.45. The first-order valence-electron chi connectivity index (χ1n) is 6.17. The van der Waals surface area contributed by atoms with E-state index in [0.717, 1.165) is 12.2 Å². The summed E-state index contributed by atoms with van der Waals surface area (Å²) in [6.07, 6.45) is -1.69. The number of nitrogens with zero attached hydrogens (tertiary/aromatic N) is 2. The lowest BCUT2D eigenvalue weighted by atomic mass is 10.3. The molecule has 0 aliphatic carbocycles. The SMILES string of the molecule is CCn1cc(C)nc1Nc1ccc2c(c1)OC(F)(F)O2. The minimum Gasteiger partial charge on any atom is -0.395 e. The molecule has 0 unspecified atom stereocenters. The van der Waals surface area contributed by atoms with Crippen molar-refractivity contribution in [2.24, 2.45) is 0 Å². The van der Waals surface area contributed by atoms with Gasteiger partial charge in [-0.2, -0.15) is 0 Å². The maximum absolute atomic E-state index is 12.9. The highest BCUT2D eigenvalue weighted by molar-refractivity contribution is 5.60. The molecule has 0 bridgehead atoms. The van der Waals surface area contributed by atoms with E-state index in [2.05, 4.69) is 19.8 Å². The summed E-state index contributed by atoms with van der Waals surface area (Å²) in [5.41, 5.74) is 1.48. The zero-order chi connectivity index (χ0) is 14.3. The van der Waals surface area contributed by atoms with Crippen LogP contribution in [0.15, 0.2) is 24.4 Å². The molecule has 106 valence electrons. The topological polar surface area (TPSA) is 48.3 Å². The Labute approximate surface area is 114 Å². The Morgan fingerprint density at radius 2 is 2.05 bits per heavy atom. The number of fused-ring (bicyclic) bond motifs is 1. The molecule has 1 aliphatic heterocycles. The molecule has 0 saturated carbocycles. The Balaban J connectivity index is 1.86. The van der Waals surface area contributed by atoms with Crippen molar-refractivity contribution in [1.82, 2.24) is 9.55 Å². The van der Waals surface area contributed by atoms with E-state index in [-0.39, 0.29) is 11.5 Å². The van der Waals surface area contributed by atoms with Gasteiger partial charge in [0.2, 0.25) is 5.95 Å². The van der Waals surface area contributed by atoms with Crippen LogP contribution in [0.5, 0.6) is 11.5 Å². The van der Waals surface area contributed by atoms with E-state index in [1.54, 1.807) is 6.07 Å². The quantitative estimate of drug-likeness (QED) is 0.938. The van der Waals surface area contributed by atoms with Crippen LogP contribution >= 0.6 is 0 Å². The fourth-order valence-electron chi connectivity index (χ4n) is 2.04. The Bertz CT molecular complexity index is 655. The molecule has 2 aromatic rings. The summed E-state index contributed by atoms with van der Waals surface area (Å²) < 4.78 is 36.6. The van der Waals surface area contributed by atoms with Crippen LogP contribution in [0.4, 0.5) is 20.4 Å². The first-order chi connectivity index (χ1) is 9.47. The molecule has 0 fully saturated rings. The Hall–Kier alpha value is -2.31. The van der Waals surface area contributed by atoms with E-state index in [1.807, 2.05) is 24.6 Å². The third kappa shape index (κ3) is 2.26. The number of alkyl halides is 2. The van der Waals surface area contributed by atoms with E-state index in [1.165, 1.54) is 12.1 Å². The normalized spacial score (nSPS) is 15.4. The molecule has 0 amide bonds. The highest BCUT2D eigenvalue weighted by Crippen LogP contribution is 2.42. The second-order valence-electron chi connectivity index (χ2n) is 4.45. The maximum Gasteiger partial charge on any atom is 0.586 e. The molecule has 7 heteroatoms. The number of imidazole rings is 1. The number of aryl methyl sites for hydroxylation is 2. The highest BCUT2D eigenvalue weighted by atomic mass is 19.3. The summed E-state index contributed by atoms with van der Waals surface area (Å²) in [4.78, 5) is 4.33. The number of halogens is 2. The average Bonchev–Trinajstić information content (AvgIpc) is 2.86. The van der Waals surface area contributed by atoms with Crippen LogP contribution in [-0.4, -0.2) is 15.8 Å². The number of hydrogen-bond acceptors (Lipinski definition) is 4. The van der Waals surface area contributed by atoms with Crippen LogP contribution in [0.25, 0.3) is 0 Å². The monoisotopic (exact) mass is 281 g/mol. The fraction of sp³-hybridized carbons (Fsp3) is 0.308. The van der Waals surface area contributed by atoms with Crippen molar-refractivity contribution >= 4 is 11.6 Å². The molecule has 0 atom stereocenters. The zero-order valence-corrected chi connectivity index (χ0v) is 11.0. The van der Waals surface area contributed by atoms with E-state index >= 15 is 0 Å². The minimum absolute atomic E-state index is 0.00586. The van der Waals surface area contributed by atoms with Gasteiger partial charge in [-0.25, -0.2) is 4.98 Å². The summed E-state index contributed by atoms with van der Waals surface area (Å²) >= 11 is 0. The summed E-state index contributed by atoms with van der Waals surface area (Å²) in [5, 5.41) is 3.07. The Morgan fingerprint density at radius 1 is 1.30 bits per heavy atom. The summed E-state index contributed by atoms with van der Waals surface area (Å²) in [5.74, 6) is 0.678. The molecule has 5 nitrogen and oxygen atoms in total. The zero-order valence-electron chi connectivity index (χ0n) is 11.0. The minimum atomic E-state index is -3.60. The summed E-state index contributed by atoms with van der Waals surface area (Å²) in [7, 11) is 0. The van der Waals surface area contributed by atoms with Gasteiger partial charge in [0.1, 0.15) is 0 Å². The molecule has 1 aromatic carbocycles. The molecule has 1 aromatic heterocycles. The Morgan fingerprint density at radius 3 is 2.80 bits per heavy atom. The van der Waals surface area contributed by atoms with Crippen molar-refractivity contribution in [3.63, 3.8) is 0 Å². The summed E-state index contributed by atoms with van der Waals surface area (Å²) in [6.45, 7) is 4.63. The van der Waals surface area contributed by atoms with E-state index < -0.39 is 6.29 Å². The number of benzene rings is 1. The lowest BCUT2D eigenvalue weighted by Gasteiger charge is -2.08. The van der Waals surface area contributed by atoms with Gasteiger partial charge < -0.3 is 19.4 Å². The van der Waals surface area contributed by atoms with Crippen LogP contribution in [-0.2, 0) is 6.54 Å². The van der Waals surface area contributed by atoms with Gasteiger partial charge in [0.25, 0.3) is 0 Å². The van der Waals surface area contributed by atoms with Crippen molar-refractivity contribution < 1.29 is 18.3 Å². The van der Waals surface area contributed by atoms with Gasteiger partial charge in [-0.3, -0.25) is 0 Å². The molecular weight excluding hydrogens is 268 g/mol. The molecule has 0 saturated heterocycles. The lowest BCUT2D eigenvalue weighted by molar-refractivity contribution is -0.286. The smallest absolute Gasteiger partial charge is 0.395 e. The van der Waals surface area contributed by atoms with Crippen LogP contribution < -0.4 is 14.8 Å². The van der Waals surface area contributed by atoms with Gasteiger partial charge in [0.15, 0.2) is 11.5 Å². The van der Waals surface area contributed by atoms with E-state index in [9.17, 15) is 8.78 Å². The molecule has 1 N–H and O–H groups in total.